The van der Waals surface area contributed by atoms with Gasteiger partial charge in [-0.25, -0.2) is 4.39 Å². The maximum absolute atomic E-state index is 12.9. The highest BCUT2D eigenvalue weighted by Crippen LogP contribution is 2.19. The predicted molar refractivity (Wildman–Crippen MR) is 88.7 cm³/mol. The monoisotopic (exact) mass is 339 g/mol. The standard InChI is InChI=1S/C16H18FNO2S2/c1-20-8-7-18(10-13-6-9-21-11-13)16(19)12-22-15-4-2-14(17)3-5-15/h2-6,9,11H,7-8,10,12H2,1H3. The zero-order valence-electron chi connectivity index (χ0n) is 12.3. The summed E-state index contributed by atoms with van der Waals surface area (Å²) in [6.07, 6.45) is 0. The Balaban J connectivity index is 1.91. The van der Waals surface area contributed by atoms with Gasteiger partial charge in [-0.15, -0.1) is 11.8 Å². The Morgan fingerprint density at radius 2 is 2.09 bits per heavy atom. The number of carbonyl (C=O) groups excluding carboxylic acids is 1. The summed E-state index contributed by atoms with van der Waals surface area (Å²) in [6.45, 7) is 1.67. The molecule has 2 rings (SSSR count). The largest absolute Gasteiger partial charge is 0.383 e. The number of carbonyl (C=O) groups is 1. The smallest absolute Gasteiger partial charge is 0.233 e. The van der Waals surface area contributed by atoms with Gasteiger partial charge in [-0.2, -0.15) is 11.3 Å². The summed E-state index contributed by atoms with van der Waals surface area (Å²) in [7, 11) is 1.63. The molecule has 0 spiro atoms. The molecular formula is C16H18FNO2S2. The van der Waals surface area contributed by atoms with E-state index in [-0.39, 0.29) is 11.7 Å². The van der Waals surface area contributed by atoms with Gasteiger partial charge in [0.1, 0.15) is 5.82 Å². The molecule has 118 valence electrons. The maximum atomic E-state index is 12.9. The molecule has 0 radical (unpaired) electrons. The summed E-state index contributed by atoms with van der Waals surface area (Å²) in [5.41, 5.74) is 1.13. The van der Waals surface area contributed by atoms with Crippen molar-refractivity contribution in [3.63, 3.8) is 0 Å². The van der Waals surface area contributed by atoms with Crippen molar-refractivity contribution in [3.05, 3.63) is 52.5 Å². The lowest BCUT2D eigenvalue weighted by Crippen LogP contribution is -2.34. The third kappa shape index (κ3) is 5.44. The second-order valence-corrected chi connectivity index (χ2v) is 6.51. The highest BCUT2D eigenvalue weighted by molar-refractivity contribution is 8.00. The molecule has 0 aliphatic rings. The van der Waals surface area contributed by atoms with Crippen LogP contribution in [0.5, 0.6) is 0 Å². The molecule has 1 heterocycles. The normalized spacial score (nSPS) is 10.6. The number of hydrogen-bond acceptors (Lipinski definition) is 4. The molecule has 1 aromatic carbocycles. The van der Waals surface area contributed by atoms with E-state index in [1.165, 1.54) is 23.9 Å². The van der Waals surface area contributed by atoms with E-state index in [0.717, 1.165) is 10.5 Å². The van der Waals surface area contributed by atoms with Gasteiger partial charge < -0.3 is 9.64 Å². The van der Waals surface area contributed by atoms with Gasteiger partial charge in [0.25, 0.3) is 0 Å². The van der Waals surface area contributed by atoms with Crippen molar-refractivity contribution in [2.75, 3.05) is 26.0 Å². The fourth-order valence-corrected chi connectivity index (χ4v) is 3.32. The van der Waals surface area contributed by atoms with E-state index in [9.17, 15) is 9.18 Å². The molecule has 1 amide bonds. The zero-order valence-corrected chi connectivity index (χ0v) is 14.0. The van der Waals surface area contributed by atoms with Gasteiger partial charge in [0, 0.05) is 25.1 Å². The predicted octanol–water partition coefficient (Wildman–Crippen LogP) is 3.65. The van der Waals surface area contributed by atoms with E-state index in [4.69, 9.17) is 4.74 Å². The average molecular weight is 339 g/mol. The summed E-state index contributed by atoms with van der Waals surface area (Å²) >= 11 is 3.03. The lowest BCUT2D eigenvalue weighted by atomic mass is 10.3. The number of rotatable bonds is 8. The summed E-state index contributed by atoms with van der Waals surface area (Å²) in [5, 5.41) is 4.04. The first kappa shape index (κ1) is 17.0. The Labute approximate surface area is 138 Å². The van der Waals surface area contributed by atoms with Gasteiger partial charge in [0.15, 0.2) is 0 Å². The van der Waals surface area contributed by atoms with Crippen molar-refractivity contribution in [2.24, 2.45) is 0 Å². The molecule has 0 bridgehead atoms. The number of benzene rings is 1. The van der Waals surface area contributed by atoms with Crippen LogP contribution in [0.15, 0.2) is 46.0 Å². The van der Waals surface area contributed by atoms with Crippen molar-refractivity contribution in [1.29, 1.82) is 0 Å². The van der Waals surface area contributed by atoms with Crippen LogP contribution < -0.4 is 0 Å². The zero-order chi connectivity index (χ0) is 15.8. The minimum absolute atomic E-state index is 0.0533. The summed E-state index contributed by atoms with van der Waals surface area (Å²) in [4.78, 5) is 15.1. The second-order valence-electron chi connectivity index (χ2n) is 4.68. The third-order valence-corrected chi connectivity index (χ3v) is 4.78. The highest BCUT2D eigenvalue weighted by Gasteiger charge is 2.14. The molecule has 2 aromatic rings. The molecule has 0 saturated carbocycles. The maximum Gasteiger partial charge on any atom is 0.233 e. The topological polar surface area (TPSA) is 29.5 Å². The third-order valence-electron chi connectivity index (χ3n) is 3.05. The number of halogens is 1. The first-order valence-electron chi connectivity index (χ1n) is 6.85. The average Bonchev–Trinajstić information content (AvgIpc) is 3.03. The Kier molecular flexibility index (Phi) is 6.89. The molecule has 22 heavy (non-hydrogen) atoms. The number of nitrogens with zero attached hydrogens (tertiary/aromatic N) is 1. The van der Waals surface area contributed by atoms with Crippen molar-refractivity contribution < 1.29 is 13.9 Å². The van der Waals surface area contributed by atoms with Crippen LogP contribution in [0.1, 0.15) is 5.56 Å². The molecule has 0 N–H and O–H groups in total. The van der Waals surface area contributed by atoms with Crippen molar-refractivity contribution in [2.45, 2.75) is 11.4 Å². The van der Waals surface area contributed by atoms with E-state index >= 15 is 0 Å². The Morgan fingerprint density at radius 1 is 1.32 bits per heavy atom. The molecular weight excluding hydrogens is 321 g/mol. The molecule has 0 aliphatic heterocycles. The van der Waals surface area contributed by atoms with Crippen LogP contribution in [0.25, 0.3) is 0 Å². The van der Waals surface area contributed by atoms with Crippen LogP contribution in [0.4, 0.5) is 4.39 Å². The minimum atomic E-state index is -0.269. The lowest BCUT2D eigenvalue weighted by Gasteiger charge is -2.22. The molecule has 1 aromatic heterocycles. The van der Waals surface area contributed by atoms with Crippen LogP contribution in [-0.2, 0) is 16.1 Å². The SMILES string of the molecule is COCCN(Cc1ccsc1)C(=O)CSc1ccc(F)cc1. The van der Waals surface area contributed by atoms with Crippen LogP contribution in [-0.4, -0.2) is 36.8 Å². The Bertz CT molecular complexity index is 572. The van der Waals surface area contributed by atoms with Gasteiger partial charge >= 0.3 is 0 Å². The minimum Gasteiger partial charge on any atom is -0.383 e. The number of thioether (sulfide) groups is 1. The number of hydrogen-bond donors (Lipinski definition) is 0. The molecule has 3 nitrogen and oxygen atoms in total. The van der Waals surface area contributed by atoms with E-state index in [1.807, 2.05) is 16.8 Å². The van der Waals surface area contributed by atoms with Crippen molar-refractivity contribution >= 4 is 29.0 Å². The number of ether oxygens (including phenoxy) is 1. The van der Waals surface area contributed by atoms with Gasteiger partial charge in [-0.05, 0) is 46.7 Å². The van der Waals surface area contributed by atoms with Gasteiger partial charge in [-0.3, -0.25) is 4.79 Å². The Morgan fingerprint density at radius 3 is 2.73 bits per heavy atom. The van der Waals surface area contributed by atoms with Crippen LogP contribution >= 0.6 is 23.1 Å². The fourth-order valence-electron chi connectivity index (χ4n) is 1.86. The van der Waals surface area contributed by atoms with E-state index in [2.05, 4.69) is 0 Å². The molecule has 0 atom stereocenters. The fraction of sp³-hybridized carbons (Fsp3) is 0.312. The number of amides is 1. The summed E-state index contributed by atoms with van der Waals surface area (Å²) in [5.74, 6) is 0.117. The molecule has 0 fully saturated rings. The molecule has 0 saturated heterocycles. The first-order valence-corrected chi connectivity index (χ1v) is 8.78. The number of methoxy groups -OCH3 is 1. The van der Waals surface area contributed by atoms with Crippen LogP contribution in [0.2, 0.25) is 0 Å². The molecule has 6 heteroatoms. The van der Waals surface area contributed by atoms with Gasteiger partial charge in [-0.1, -0.05) is 0 Å². The second kappa shape index (κ2) is 8.92. The van der Waals surface area contributed by atoms with E-state index < -0.39 is 0 Å². The van der Waals surface area contributed by atoms with Gasteiger partial charge in [0.05, 0.1) is 12.4 Å². The lowest BCUT2D eigenvalue weighted by molar-refractivity contribution is -0.129. The van der Waals surface area contributed by atoms with Crippen molar-refractivity contribution in [3.8, 4) is 0 Å². The van der Waals surface area contributed by atoms with E-state index in [1.54, 1.807) is 35.5 Å². The highest BCUT2D eigenvalue weighted by atomic mass is 32.2. The Hall–Kier alpha value is -1.37. The molecule has 0 unspecified atom stereocenters. The number of thiophene rings is 1. The quantitative estimate of drug-likeness (QED) is 0.688. The van der Waals surface area contributed by atoms with Gasteiger partial charge in [0.2, 0.25) is 5.91 Å². The first-order chi connectivity index (χ1) is 10.7. The van der Waals surface area contributed by atoms with Crippen LogP contribution in [0.3, 0.4) is 0 Å². The van der Waals surface area contributed by atoms with Crippen molar-refractivity contribution in [1.82, 2.24) is 4.90 Å². The van der Waals surface area contributed by atoms with E-state index in [0.29, 0.717) is 25.4 Å². The summed E-state index contributed by atoms with van der Waals surface area (Å²) < 4.78 is 17.9. The molecule has 0 aliphatic carbocycles. The van der Waals surface area contributed by atoms with Crippen LogP contribution in [0, 0.1) is 5.82 Å². The summed E-state index contributed by atoms with van der Waals surface area (Å²) in [6, 6.07) is 8.20.